The van der Waals surface area contributed by atoms with Gasteiger partial charge in [0.15, 0.2) is 0 Å². The summed E-state index contributed by atoms with van der Waals surface area (Å²) in [5, 5.41) is 9.21. The van der Waals surface area contributed by atoms with Gasteiger partial charge in [-0.1, -0.05) is 43.7 Å². The standard InChI is InChI=1S/C25H29F6NO2/c1-2-3-16-4-9-21(25(29,30)31)19(12-16)15-32-11-10-17(14-23(33)34)13-22(32)18-5-7-20(8-6-18)24(26,27)28/h4-5,7-9,12,17-18,22H,2-3,6,10-11,13-15H2,1H3,(H,33,34)/t17-,18?,22+/m0/s1. The van der Waals surface area contributed by atoms with Gasteiger partial charge in [-0.3, -0.25) is 9.69 Å². The number of alkyl halides is 6. The number of nitrogens with zero attached hydrogens (tertiary/aromatic N) is 1. The molecule has 3 rings (SSSR count). The Hall–Kier alpha value is -2.29. The van der Waals surface area contributed by atoms with Crippen LogP contribution in [0.15, 0.2) is 42.0 Å². The van der Waals surface area contributed by atoms with E-state index in [1.807, 2.05) is 11.8 Å². The highest BCUT2D eigenvalue weighted by atomic mass is 19.4. The van der Waals surface area contributed by atoms with Crippen molar-refractivity contribution >= 4 is 5.97 Å². The SMILES string of the molecule is CCCc1ccc(C(F)(F)F)c(CN2CC[C@H](CC(=O)O)C[C@@H]2C2C=CC(C(F)(F)F)=CC2)c1. The van der Waals surface area contributed by atoms with Gasteiger partial charge in [0.2, 0.25) is 0 Å². The average molecular weight is 490 g/mol. The van der Waals surface area contributed by atoms with Gasteiger partial charge in [-0.25, -0.2) is 0 Å². The molecule has 1 aromatic rings. The molecule has 1 fully saturated rings. The molecule has 34 heavy (non-hydrogen) atoms. The fourth-order valence-corrected chi connectivity index (χ4v) is 5.05. The maximum Gasteiger partial charge on any atom is 0.416 e. The first-order valence-electron chi connectivity index (χ1n) is 11.5. The van der Waals surface area contributed by atoms with Gasteiger partial charge in [0.05, 0.1) is 11.1 Å². The molecule has 0 radical (unpaired) electrons. The molecule has 9 heteroatoms. The zero-order chi connectivity index (χ0) is 25.1. The van der Waals surface area contributed by atoms with E-state index >= 15 is 0 Å². The molecule has 1 aromatic carbocycles. The predicted octanol–water partition coefficient (Wildman–Crippen LogP) is 6.78. The summed E-state index contributed by atoms with van der Waals surface area (Å²) in [6.07, 6.45) is -2.97. The fraction of sp³-hybridized carbons (Fsp3) is 0.560. The molecule has 0 aromatic heterocycles. The van der Waals surface area contributed by atoms with Crippen LogP contribution in [0.3, 0.4) is 0 Å². The first-order valence-corrected chi connectivity index (χ1v) is 11.5. The largest absolute Gasteiger partial charge is 0.481 e. The van der Waals surface area contributed by atoms with E-state index in [4.69, 9.17) is 0 Å². The Bertz CT molecular complexity index is 934. The highest BCUT2D eigenvalue weighted by Gasteiger charge is 2.39. The molecule has 2 aliphatic rings. The van der Waals surface area contributed by atoms with Gasteiger partial charge in [-0.15, -0.1) is 0 Å². The Kier molecular flexibility index (Phi) is 8.16. The van der Waals surface area contributed by atoms with E-state index in [0.29, 0.717) is 25.8 Å². The van der Waals surface area contributed by atoms with E-state index in [1.54, 1.807) is 6.07 Å². The number of carboxylic acid groups (broad SMARTS) is 1. The summed E-state index contributed by atoms with van der Waals surface area (Å²) >= 11 is 0. The zero-order valence-electron chi connectivity index (χ0n) is 18.9. The van der Waals surface area contributed by atoms with Crippen LogP contribution >= 0.6 is 0 Å². The molecule has 1 heterocycles. The molecule has 0 spiro atoms. The minimum Gasteiger partial charge on any atom is -0.481 e. The minimum atomic E-state index is -4.52. The second-order valence-electron chi connectivity index (χ2n) is 9.18. The van der Waals surface area contributed by atoms with Crippen LogP contribution in [0, 0.1) is 11.8 Å². The number of piperidine rings is 1. The lowest BCUT2D eigenvalue weighted by molar-refractivity contribution is -0.140. The van der Waals surface area contributed by atoms with Crippen LogP contribution in [-0.2, 0) is 23.9 Å². The minimum absolute atomic E-state index is 0.0110. The number of rotatable bonds is 7. The van der Waals surface area contributed by atoms with Crippen LogP contribution in [0.1, 0.15) is 55.7 Å². The van der Waals surface area contributed by atoms with Gasteiger partial charge in [0.1, 0.15) is 0 Å². The fourth-order valence-electron chi connectivity index (χ4n) is 5.05. The normalized spacial score (nSPS) is 24.2. The van der Waals surface area contributed by atoms with Crippen molar-refractivity contribution in [2.75, 3.05) is 6.54 Å². The van der Waals surface area contributed by atoms with Crippen molar-refractivity contribution in [2.24, 2.45) is 11.8 Å². The first kappa shape index (κ1) is 26.3. The summed E-state index contributed by atoms with van der Waals surface area (Å²) in [6, 6.07) is 3.81. The predicted molar refractivity (Wildman–Crippen MR) is 116 cm³/mol. The third kappa shape index (κ3) is 6.64. The van der Waals surface area contributed by atoms with Crippen molar-refractivity contribution in [1.29, 1.82) is 0 Å². The van der Waals surface area contributed by atoms with Crippen molar-refractivity contribution in [1.82, 2.24) is 4.90 Å². The molecule has 1 aliphatic carbocycles. The summed E-state index contributed by atoms with van der Waals surface area (Å²) in [6.45, 7) is 2.34. The molecular formula is C25H29F6NO2. The van der Waals surface area contributed by atoms with E-state index in [0.717, 1.165) is 30.2 Å². The van der Waals surface area contributed by atoms with Crippen LogP contribution in [0.4, 0.5) is 26.3 Å². The Morgan fingerprint density at radius 3 is 2.44 bits per heavy atom. The number of allylic oxidation sites excluding steroid dienone is 3. The lowest BCUT2D eigenvalue weighted by Gasteiger charge is -2.43. The van der Waals surface area contributed by atoms with Gasteiger partial charge < -0.3 is 5.11 Å². The molecule has 0 amide bonds. The van der Waals surface area contributed by atoms with Crippen LogP contribution in [0.2, 0.25) is 0 Å². The van der Waals surface area contributed by atoms with Crippen molar-refractivity contribution in [3.8, 4) is 0 Å². The first-order chi connectivity index (χ1) is 15.9. The van der Waals surface area contributed by atoms with Crippen molar-refractivity contribution < 1.29 is 36.2 Å². The number of carbonyl (C=O) groups is 1. The number of benzene rings is 1. The van der Waals surface area contributed by atoms with Gasteiger partial charge in [-0.05, 0) is 61.3 Å². The molecule has 1 saturated heterocycles. The van der Waals surface area contributed by atoms with E-state index in [9.17, 15) is 36.2 Å². The molecule has 1 aliphatic heterocycles. The molecule has 0 bridgehead atoms. The van der Waals surface area contributed by atoms with E-state index in [-0.39, 0.29) is 42.8 Å². The number of hydrogen-bond acceptors (Lipinski definition) is 2. The number of halogens is 6. The quantitative estimate of drug-likeness (QED) is 0.430. The smallest absolute Gasteiger partial charge is 0.416 e. The van der Waals surface area contributed by atoms with Crippen molar-refractivity contribution in [3.05, 3.63) is 58.7 Å². The van der Waals surface area contributed by atoms with Gasteiger partial charge in [0.25, 0.3) is 0 Å². The van der Waals surface area contributed by atoms with Gasteiger partial charge in [0, 0.05) is 19.0 Å². The Balaban J connectivity index is 1.88. The lowest BCUT2D eigenvalue weighted by Crippen LogP contribution is -2.46. The monoisotopic (exact) mass is 489 g/mol. The number of likely N-dealkylation sites (tertiary alicyclic amines) is 1. The van der Waals surface area contributed by atoms with Gasteiger partial charge in [-0.2, -0.15) is 26.3 Å². The summed E-state index contributed by atoms with van der Waals surface area (Å²) in [5.74, 6) is -1.47. The molecule has 1 N–H and O–H groups in total. The lowest BCUT2D eigenvalue weighted by atomic mass is 9.79. The number of aliphatic carboxylic acids is 1. The molecule has 3 nitrogen and oxygen atoms in total. The Morgan fingerprint density at radius 2 is 1.88 bits per heavy atom. The highest BCUT2D eigenvalue weighted by molar-refractivity contribution is 5.67. The van der Waals surface area contributed by atoms with Crippen molar-refractivity contribution in [2.45, 2.75) is 70.4 Å². The van der Waals surface area contributed by atoms with Gasteiger partial charge >= 0.3 is 18.3 Å². The highest BCUT2D eigenvalue weighted by Crippen LogP contribution is 2.39. The van der Waals surface area contributed by atoms with Crippen LogP contribution in [-0.4, -0.2) is 34.7 Å². The summed E-state index contributed by atoms with van der Waals surface area (Å²) in [7, 11) is 0. The van der Waals surface area contributed by atoms with Crippen LogP contribution in [0.25, 0.3) is 0 Å². The maximum atomic E-state index is 13.7. The molecular weight excluding hydrogens is 460 g/mol. The third-order valence-corrected chi connectivity index (χ3v) is 6.67. The molecule has 188 valence electrons. The second-order valence-corrected chi connectivity index (χ2v) is 9.18. The van der Waals surface area contributed by atoms with E-state index in [2.05, 4.69) is 0 Å². The number of aryl methyl sites for hydroxylation is 1. The van der Waals surface area contributed by atoms with Crippen LogP contribution in [0.5, 0.6) is 0 Å². The zero-order valence-corrected chi connectivity index (χ0v) is 18.9. The summed E-state index contributed by atoms with van der Waals surface area (Å²) in [5.41, 5.74) is -0.499. The molecule has 1 unspecified atom stereocenters. The Labute approximate surface area is 195 Å². The molecule has 0 saturated carbocycles. The molecule has 3 atom stereocenters. The van der Waals surface area contributed by atoms with Crippen molar-refractivity contribution in [3.63, 3.8) is 0 Å². The average Bonchev–Trinajstić information content (AvgIpc) is 2.73. The second kappa shape index (κ2) is 10.5. The van der Waals surface area contributed by atoms with Crippen LogP contribution < -0.4 is 0 Å². The number of carboxylic acids is 1. The topological polar surface area (TPSA) is 40.5 Å². The summed E-state index contributed by atoms with van der Waals surface area (Å²) < 4.78 is 80.3. The summed E-state index contributed by atoms with van der Waals surface area (Å²) in [4.78, 5) is 13.1. The Morgan fingerprint density at radius 1 is 1.15 bits per heavy atom. The maximum absolute atomic E-state index is 13.7. The number of hydrogen-bond donors (Lipinski definition) is 1. The third-order valence-electron chi connectivity index (χ3n) is 6.67. The van der Waals surface area contributed by atoms with E-state index < -0.39 is 29.5 Å². The van der Waals surface area contributed by atoms with E-state index in [1.165, 1.54) is 12.1 Å².